The maximum atomic E-state index is 12.3. The third-order valence-electron chi connectivity index (χ3n) is 4.91. The lowest BCUT2D eigenvalue weighted by atomic mass is 9.99. The minimum atomic E-state index is 0.293. The molecule has 0 radical (unpaired) electrons. The van der Waals surface area contributed by atoms with Gasteiger partial charge in [-0.25, -0.2) is 4.98 Å². The minimum absolute atomic E-state index is 0.293. The monoisotopic (exact) mass is 317 g/mol. The second-order valence-corrected chi connectivity index (χ2v) is 6.69. The molecule has 3 heterocycles. The van der Waals surface area contributed by atoms with E-state index in [0.29, 0.717) is 12.3 Å². The summed E-state index contributed by atoms with van der Waals surface area (Å²) in [4.78, 5) is 21.1. The fourth-order valence-electron chi connectivity index (χ4n) is 3.25. The SMILES string of the molecule is CC1CCN(C(=O)CCc2ccnc(N3CCOCC3)c2)CC1. The molecule has 1 amide bonds. The van der Waals surface area contributed by atoms with E-state index in [1.54, 1.807) is 0 Å². The molecule has 0 bridgehead atoms. The summed E-state index contributed by atoms with van der Waals surface area (Å²) in [5, 5.41) is 0. The molecule has 2 aliphatic rings. The molecule has 1 aromatic rings. The quantitative estimate of drug-likeness (QED) is 0.853. The van der Waals surface area contributed by atoms with Gasteiger partial charge in [-0.1, -0.05) is 6.92 Å². The number of hydrogen-bond donors (Lipinski definition) is 0. The van der Waals surface area contributed by atoms with E-state index in [1.807, 2.05) is 17.2 Å². The molecule has 0 atom stereocenters. The Hall–Kier alpha value is -1.62. The smallest absolute Gasteiger partial charge is 0.222 e. The lowest BCUT2D eigenvalue weighted by Crippen LogP contribution is -2.38. The zero-order valence-electron chi connectivity index (χ0n) is 14.0. The summed E-state index contributed by atoms with van der Waals surface area (Å²) in [7, 11) is 0. The fourth-order valence-corrected chi connectivity index (χ4v) is 3.25. The van der Waals surface area contributed by atoms with Gasteiger partial charge in [-0.15, -0.1) is 0 Å². The Morgan fingerprint density at radius 1 is 1.26 bits per heavy atom. The highest BCUT2D eigenvalue weighted by atomic mass is 16.5. The average molecular weight is 317 g/mol. The van der Waals surface area contributed by atoms with Crippen LogP contribution in [0.25, 0.3) is 0 Å². The number of likely N-dealkylation sites (tertiary alicyclic amines) is 1. The number of anilines is 1. The van der Waals surface area contributed by atoms with Crippen LogP contribution in [0.4, 0.5) is 5.82 Å². The van der Waals surface area contributed by atoms with Crippen molar-refractivity contribution in [3.8, 4) is 0 Å². The summed E-state index contributed by atoms with van der Waals surface area (Å²) in [5.74, 6) is 2.06. The third-order valence-corrected chi connectivity index (χ3v) is 4.91. The van der Waals surface area contributed by atoms with E-state index < -0.39 is 0 Å². The maximum absolute atomic E-state index is 12.3. The van der Waals surface area contributed by atoms with Gasteiger partial charge < -0.3 is 14.5 Å². The van der Waals surface area contributed by atoms with Crippen LogP contribution in [-0.2, 0) is 16.0 Å². The van der Waals surface area contributed by atoms with Crippen LogP contribution in [0, 0.1) is 5.92 Å². The van der Waals surface area contributed by atoms with Crippen molar-refractivity contribution in [1.82, 2.24) is 9.88 Å². The topological polar surface area (TPSA) is 45.7 Å². The Bertz CT molecular complexity index is 521. The molecule has 0 spiro atoms. The Labute approximate surface area is 138 Å². The summed E-state index contributed by atoms with van der Waals surface area (Å²) in [6.07, 6.45) is 5.53. The maximum Gasteiger partial charge on any atom is 0.222 e. The van der Waals surface area contributed by atoms with Gasteiger partial charge in [0.15, 0.2) is 0 Å². The number of ether oxygens (including phenoxy) is 1. The van der Waals surface area contributed by atoms with Gasteiger partial charge in [0.1, 0.15) is 5.82 Å². The van der Waals surface area contributed by atoms with E-state index >= 15 is 0 Å². The van der Waals surface area contributed by atoms with Crippen LogP contribution < -0.4 is 4.90 Å². The molecule has 0 N–H and O–H groups in total. The highest BCUT2D eigenvalue weighted by Crippen LogP contribution is 2.18. The molecule has 1 aromatic heterocycles. The molecule has 0 aliphatic carbocycles. The first kappa shape index (κ1) is 16.2. The zero-order valence-corrected chi connectivity index (χ0v) is 14.0. The summed E-state index contributed by atoms with van der Waals surface area (Å²) < 4.78 is 5.39. The van der Waals surface area contributed by atoms with E-state index in [2.05, 4.69) is 22.9 Å². The summed E-state index contributed by atoms with van der Waals surface area (Å²) >= 11 is 0. The largest absolute Gasteiger partial charge is 0.378 e. The number of amides is 1. The van der Waals surface area contributed by atoms with Gasteiger partial charge in [-0.2, -0.15) is 0 Å². The van der Waals surface area contributed by atoms with Gasteiger partial charge in [-0.05, 0) is 42.9 Å². The standard InChI is InChI=1S/C18H27N3O2/c1-15-5-8-21(9-6-15)18(22)3-2-16-4-7-19-17(14-16)20-10-12-23-13-11-20/h4,7,14-15H,2-3,5-6,8-13H2,1H3. The molecule has 0 aromatic carbocycles. The number of piperidine rings is 1. The summed E-state index contributed by atoms with van der Waals surface area (Å²) in [5.41, 5.74) is 1.19. The van der Waals surface area contributed by atoms with Crippen molar-refractivity contribution in [2.24, 2.45) is 5.92 Å². The molecule has 2 fully saturated rings. The van der Waals surface area contributed by atoms with E-state index in [0.717, 1.165) is 70.4 Å². The summed E-state index contributed by atoms with van der Waals surface area (Å²) in [6.45, 7) is 7.43. The zero-order chi connectivity index (χ0) is 16.1. The number of rotatable bonds is 4. The molecule has 23 heavy (non-hydrogen) atoms. The normalized spacial score (nSPS) is 19.9. The van der Waals surface area contributed by atoms with Crippen LogP contribution in [0.3, 0.4) is 0 Å². The molecule has 0 saturated carbocycles. The molecule has 126 valence electrons. The van der Waals surface area contributed by atoms with Crippen molar-refractivity contribution in [3.63, 3.8) is 0 Å². The van der Waals surface area contributed by atoms with Crippen LogP contribution in [-0.4, -0.2) is 55.2 Å². The van der Waals surface area contributed by atoms with Crippen LogP contribution in [0.2, 0.25) is 0 Å². The minimum Gasteiger partial charge on any atom is -0.378 e. The molecule has 5 nitrogen and oxygen atoms in total. The summed E-state index contributed by atoms with van der Waals surface area (Å²) in [6, 6.07) is 4.15. The van der Waals surface area contributed by atoms with Crippen LogP contribution in [0.5, 0.6) is 0 Å². The number of nitrogens with zero attached hydrogens (tertiary/aromatic N) is 3. The second-order valence-electron chi connectivity index (χ2n) is 6.69. The van der Waals surface area contributed by atoms with Crippen molar-refractivity contribution in [2.45, 2.75) is 32.6 Å². The first-order chi connectivity index (χ1) is 11.2. The lowest BCUT2D eigenvalue weighted by Gasteiger charge is -2.30. The van der Waals surface area contributed by atoms with Gasteiger partial charge in [0.25, 0.3) is 0 Å². The molecular formula is C18H27N3O2. The van der Waals surface area contributed by atoms with E-state index in [9.17, 15) is 4.79 Å². The van der Waals surface area contributed by atoms with Gasteiger partial charge in [0.2, 0.25) is 5.91 Å². The first-order valence-corrected chi connectivity index (χ1v) is 8.78. The van der Waals surface area contributed by atoms with Crippen molar-refractivity contribution in [1.29, 1.82) is 0 Å². The number of carbonyl (C=O) groups is 1. The molecular weight excluding hydrogens is 290 g/mol. The lowest BCUT2D eigenvalue weighted by molar-refractivity contribution is -0.132. The van der Waals surface area contributed by atoms with E-state index in [1.165, 1.54) is 5.56 Å². The fraction of sp³-hybridized carbons (Fsp3) is 0.667. The first-order valence-electron chi connectivity index (χ1n) is 8.78. The van der Waals surface area contributed by atoms with E-state index in [-0.39, 0.29) is 0 Å². The number of aryl methyl sites for hydroxylation is 1. The molecule has 2 aliphatic heterocycles. The number of aromatic nitrogens is 1. The highest BCUT2D eigenvalue weighted by molar-refractivity contribution is 5.76. The number of pyridine rings is 1. The molecule has 0 unspecified atom stereocenters. The number of hydrogen-bond acceptors (Lipinski definition) is 4. The number of carbonyl (C=O) groups excluding carboxylic acids is 1. The van der Waals surface area contributed by atoms with Crippen molar-refractivity contribution in [3.05, 3.63) is 23.9 Å². The third kappa shape index (κ3) is 4.44. The van der Waals surface area contributed by atoms with Gasteiger partial charge >= 0.3 is 0 Å². The van der Waals surface area contributed by atoms with Crippen LogP contribution in [0.15, 0.2) is 18.3 Å². The van der Waals surface area contributed by atoms with Gasteiger partial charge in [-0.3, -0.25) is 4.79 Å². The van der Waals surface area contributed by atoms with Crippen LogP contribution in [0.1, 0.15) is 31.7 Å². The highest BCUT2D eigenvalue weighted by Gasteiger charge is 2.20. The predicted octanol–water partition coefficient (Wildman–Crippen LogP) is 2.11. The number of morpholine rings is 1. The second kappa shape index (κ2) is 7.77. The van der Waals surface area contributed by atoms with Gasteiger partial charge in [0.05, 0.1) is 13.2 Å². The Kier molecular flexibility index (Phi) is 5.49. The van der Waals surface area contributed by atoms with Crippen molar-refractivity contribution in [2.75, 3.05) is 44.3 Å². The van der Waals surface area contributed by atoms with Crippen molar-refractivity contribution >= 4 is 11.7 Å². The molecule has 5 heteroatoms. The Morgan fingerprint density at radius 2 is 2.00 bits per heavy atom. The predicted molar refractivity (Wildman–Crippen MR) is 90.6 cm³/mol. The van der Waals surface area contributed by atoms with Gasteiger partial charge in [0, 0.05) is 38.8 Å². The molecule has 2 saturated heterocycles. The molecule has 3 rings (SSSR count). The van der Waals surface area contributed by atoms with E-state index in [4.69, 9.17) is 4.74 Å². The Balaban J connectivity index is 1.52. The van der Waals surface area contributed by atoms with Crippen LogP contribution >= 0.6 is 0 Å². The van der Waals surface area contributed by atoms with Crippen molar-refractivity contribution < 1.29 is 9.53 Å². The Morgan fingerprint density at radius 3 is 2.74 bits per heavy atom. The average Bonchev–Trinajstić information content (AvgIpc) is 2.61.